The molecule has 23 heteroatoms. The summed E-state index contributed by atoms with van der Waals surface area (Å²) in [5, 5.41) is 5.89. The molecule has 0 amide bonds. The van der Waals surface area contributed by atoms with Gasteiger partial charge in [0.1, 0.15) is 0 Å². The normalized spacial score (nSPS) is 34.4. The van der Waals surface area contributed by atoms with E-state index in [1.807, 2.05) is 0 Å². The second-order valence-electron chi connectivity index (χ2n) is 27.9. The quantitative estimate of drug-likeness (QED) is 0.0817. The molecule has 10 fully saturated rings. The zero-order chi connectivity index (χ0) is 58.9. The van der Waals surface area contributed by atoms with E-state index in [0.717, 1.165) is 180 Å². The van der Waals surface area contributed by atoms with Crippen LogP contribution in [0.2, 0.25) is 58.4 Å². The van der Waals surface area contributed by atoms with Crippen molar-refractivity contribution in [3.63, 3.8) is 0 Å². The van der Waals surface area contributed by atoms with E-state index >= 15 is 0 Å². The smallest absolute Gasteiger partial charge is 0.417 e. The predicted octanol–water partition coefficient (Wildman–Crippen LogP) is 15.4. The molecule has 4 atom stereocenters. The Hall–Kier alpha value is -0.317. The molecule has 3 saturated heterocycles. The first kappa shape index (κ1) is 66.7. The number of hydrogen-bond acceptors (Lipinski definition) is 12. The van der Waals surface area contributed by atoms with Crippen molar-refractivity contribution < 1.29 is 71.8 Å². The molecule has 7 saturated carbocycles. The summed E-state index contributed by atoms with van der Waals surface area (Å²) >= 11 is 0. The maximum absolute atomic E-state index is 13.8. The number of hydrogen-bond donors (Lipinski definition) is 2. The first-order chi connectivity index (χ1) is 41.7. The molecule has 7 aliphatic carbocycles. The zero-order valence-corrected chi connectivity index (χ0v) is 64.1. The summed E-state index contributed by atoms with van der Waals surface area (Å²) in [4.78, 5) is 27.7. The van der Waals surface area contributed by atoms with Crippen LogP contribution in [-0.2, 0) is 62.2 Å². The molecular weight excluding hydrogens is 1440 g/mol. The van der Waals surface area contributed by atoms with Crippen LogP contribution in [0, 0.1) is 0 Å². The van der Waals surface area contributed by atoms with Gasteiger partial charge in [-0.2, -0.15) is 0 Å². The first-order valence-electron chi connectivity index (χ1n) is 33.9. The first-order valence-corrected chi connectivity index (χ1v) is 53.1. The number of rotatable bonds is 16. The Kier molecular flexibility index (Phi) is 21.9. The van der Waals surface area contributed by atoms with Gasteiger partial charge in [0.05, 0.1) is 0 Å². The van der Waals surface area contributed by atoms with E-state index in [-0.39, 0.29) is 75.7 Å². The van der Waals surface area contributed by atoms with E-state index in [1.165, 1.54) is 33.5 Å². The molecule has 0 radical (unpaired) electrons. The van der Waals surface area contributed by atoms with Gasteiger partial charge in [-0.05, 0) is 159 Å². The SMILES string of the molecule is C[Si](C)(C)O[Si]1(C2CCCC2)O[Si]2(C3CCCC3)O[Si](O)(C3CCCC3)O[Si]3(C4CCCC4)O[Si](O)(C4CCCC4)O[Si](C4CCCC4)(O1)O[Si](C1CCCC1)(O3)O2.[Pt].c1ccc(P(CCP(c2ccccc2)c2ccccc2)c2ccccc2)cc1. The maximum Gasteiger partial charge on any atom is 0.486 e. The Balaban J connectivity index is 0.000000214. The van der Waals surface area contributed by atoms with Crippen LogP contribution in [0.4, 0.5) is 0 Å². The van der Waals surface area contributed by atoms with Crippen LogP contribution in [0.25, 0.3) is 0 Å². The van der Waals surface area contributed by atoms with E-state index in [0.29, 0.717) is 0 Å². The molecule has 4 unspecified atom stereocenters. The minimum absolute atomic E-state index is 0. The summed E-state index contributed by atoms with van der Waals surface area (Å²) in [6.07, 6.45) is 29.3. The Bertz CT molecular complexity index is 2580. The monoisotopic (exact) mass is 1540 g/mol. The summed E-state index contributed by atoms with van der Waals surface area (Å²) in [7, 11) is -31.7. The van der Waals surface area contributed by atoms with E-state index in [2.05, 4.69) is 141 Å². The predicted molar refractivity (Wildman–Crippen MR) is 362 cm³/mol. The Morgan fingerprint density at radius 3 is 0.805 bits per heavy atom. The Morgan fingerprint density at radius 2 is 0.552 bits per heavy atom. The summed E-state index contributed by atoms with van der Waals surface area (Å²) < 4.78 is 80.2. The van der Waals surface area contributed by atoms with E-state index < -0.39 is 69.9 Å². The largest absolute Gasteiger partial charge is 0.486 e. The van der Waals surface area contributed by atoms with Gasteiger partial charge in [0.2, 0.25) is 0 Å². The molecule has 4 aromatic carbocycles. The molecule has 4 aromatic rings. The van der Waals surface area contributed by atoms with Crippen LogP contribution in [0.5, 0.6) is 0 Å². The van der Waals surface area contributed by atoms with Crippen LogP contribution in [-0.4, -0.2) is 91.9 Å². The summed E-state index contributed by atoms with van der Waals surface area (Å²) in [6, 6.07) is 44.2. The second kappa shape index (κ2) is 28.6. The average Bonchev–Trinajstić information content (AvgIpc) is 1.55. The van der Waals surface area contributed by atoms with Crippen LogP contribution in [0.15, 0.2) is 121 Å². The zero-order valence-electron chi connectivity index (χ0n) is 52.0. The number of benzene rings is 4. The molecule has 4 bridgehead atoms. The van der Waals surface area contributed by atoms with Crippen LogP contribution >= 0.6 is 15.8 Å². The van der Waals surface area contributed by atoms with Crippen LogP contribution < -0.4 is 21.2 Å². The van der Waals surface area contributed by atoms with E-state index in [1.54, 1.807) is 0 Å². The molecule has 3 aliphatic heterocycles. The van der Waals surface area contributed by atoms with Crippen molar-refractivity contribution in [1.29, 1.82) is 0 Å². The minimum atomic E-state index is -4.27. The van der Waals surface area contributed by atoms with Gasteiger partial charge >= 0.3 is 61.6 Å². The van der Waals surface area contributed by atoms with Crippen molar-refractivity contribution in [2.75, 3.05) is 12.3 Å². The van der Waals surface area contributed by atoms with Gasteiger partial charge in [-0.15, -0.1) is 0 Å². The van der Waals surface area contributed by atoms with Crippen molar-refractivity contribution >= 4 is 107 Å². The maximum atomic E-state index is 13.8. The van der Waals surface area contributed by atoms with Crippen molar-refractivity contribution in [3.8, 4) is 0 Å². The fraction of sp³-hybridized carbons (Fsp3) is 0.625. The van der Waals surface area contributed by atoms with Gasteiger partial charge in [-0.1, -0.05) is 211 Å². The summed E-state index contributed by atoms with van der Waals surface area (Å²) in [5.41, 5.74) is -0.567. The fourth-order valence-corrected chi connectivity index (χ4v) is 69.5. The second-order valence-corrected chi connectivity index (χ2v) is 59.3. The van der Waals surface area contributed by atoms with Gasteiger partial charge in [0.25, 0.3) is 0 Å². The standard InChI is InChI=1S/C38H74O12Si8.C26H24P2.Pt/c1-51(2,3)41-54(34-22-8-9-23-34)46-56(36-26-12-13-27-36)44-52(39,32-18-4-5-19-32)42-55(35-24-10-11-25-35)43-53(40,33-20-6-7-21-33)45-57(47-54,37-28-14-15-29-37)50-58(48-55,49-56)38-30-16-17-31-38;1-5-13-23(14-6-1)27(24-15-7-2-8-16-24)21-22-28(25-17-9-3-10-18-25)26-19-11-4-12-20-26;/h32-40H,4-31H2,1-3H3;1-20H,21-22H2;. The molecule has 2 N–H and O–H groups in total. The van der Waals surface area contributed by atoms with Crippen molar-refractivity contribution in [2.24, 2.45) is 0 Å². The van der Waals surface area contributed by atoms with Gasteiger partial charge in [-0.25, -0.2) is 0 Å². The molecule has 12 nitrogen and oxygen atoms in total. The summed E-state index contributed by atoms with van der Waals surface area (Å²) in [5.74, 6) is 0. The molecule has 10 aliphatic rings. The summed E-state index contributed by atoms with van der Waals surface area (Å²) in [6.45, 7) is 6.74. The Labute approximate surface area is 546 Å². The van der Waals surface area contributed by atoms with E-state index in [9.17, 15) is 9.59 Å². The molecule has 3 heterocycles. The van der Waals surface area contributed by atoms with Gasteiger partial charge < -0.3 is 50.7 Å². The molecule has 0 spiro atoms. The van der Waals surface area contributed by atoms with Gasteiger partial charge in [-0.3, -0.25) is 0 Å². The topological polar surface area (TPSA) is 133 Å². The number of fused-ring (bicyclic) bond motifs is 3. The molecule has 87 heavy (non-hydrogen) atoms. The molecule has 478 valence electrons. The van der Waals surface area contributed by atoms with Gasteiger partial charge in [0, 0.05) is 59.9 Å². The fourth-order valence-electron chi connectivity index (χ4n) is 16.6. The van der Waals surface area contributed by atoms with Crippen molar-refractivity contribution in [1.82, 2.24) is 0 Å². The van der Waals surface area contributed by atoms with Crippen molar-refractivity contribution in [2.45, 2.75) is 238 Å². The third-order valence-corrected chi connectivity index (χ3v) is 61.5. The molecule has 14 rings (SSSR count). The van der Waals surface area contributed by atoms with E-state index in [4.69, 9.17) is 41.2 Å². The third-order valence-electron chi connectivity index (χ3n) is 20.9. The van der Waals surface area contributed by atoms with Gasteiger partial charge in [0.15, 0.2) is 8.32 Å². The van der Waals surface area contributed by atoms with Crippen LogP contribution in [0.1, 0.15) is 180 Å². The van der Waals surface area contributed by atoms with Crippen molar-refractivity contribution in [3.05, 3.63) is 121 Å². The minimum Gasteiger partial charge on any atom is -0.417 e. The molecular formula is C64H98O12P2PtSi8. The third kappa shape index (κ3) is 14.5. The average molecular weight is 1540 g/mol. The Morgan fingerprint density at radius 1 is 0.333 bits per heavy atom. The molecule has 0 aromatic heterocycles. The van der Waals surface area contributed by atoms with Crippen LogP contribution in [0.3, 0.4) is 0 Å².